The molecule has 1 unspecified atom stereocenters. The number of halogens is 4. The number of hydrogen-bond donors (Lipinski definition) is 0. The van der Waals surface area contributed by atoms with Gasteiger partial charge in [-0.15, -0.1) is 11.3 Å². The summed E-state index contributed by atoms with van der Waals surface area (Å²) in [6, 6.07) is 5.67. The van der Waals surface area contributed by atoms with E-state index >= 15 is 0 Å². The number of hydrogen-bond acceptors (Lipinski definition) is 3. The van der Waals surface area contributed by atoms with E-state index in [1.165, 1.54) is 33.7 Å². The van der Waals surface area contributed by atoms with Gasteiger partial charge in [0.2, 0.25) is 0 Å². The summed E-state index contributed by atoms with van der Waals surface area (Å²) >= 11 is 1.20. The molecule has 0 aliphatic carbocycles. The fourth-order valence-corrected chi connectivity index (χ4v) is 3.49. The summed E-state index contributed by atoms with van der Waals surface area (Å²) in [5.74, 6) is -2.35. The lowest BCUT2D eigenvalue weighted by atomic mass is 9.97. The van der Waals surface area contributed by atoms with E-state index < -0.39 is 18.0 Å². The van der Waals surface area contributed by atoms with Gasteiger partial charge in [0.1, 0.15) is 16.5 Å². The van der Waals surface area contributed by atoms with Crippen LogP contribution in [-0.2, 0) is 0 Å². The molecule has 3 rings (SSSR count). The highest BCUT2D eigenvalue weighted by Crippen LogP contribution is 2.34. The van der Waals surface area contributed by atoms with Gasteiger partial charge in [-0.25, -0.2) is 9.37 Å². The lowest BCUT2D eigenvalue weighted by molar-refractivity contribution is -0.184. The molecule has 0 saturated carbocycles. The largest absolute Gasteiger partial charge is 0.393 e. The lowest BCUT2D eigenvalue weighted by Gasteiger charge is -2.33. The number of thiazole rings is 1. The molecule has 1 aromatic carbocycles. The molecule has 1 amide bonds. The second-order valence-electron chi connectivity index (χ2n) is 5.68. The SMILES string of the molecule is O=C(c1csc(-c2ccc(F)cc2)n1)N1CCCC(C(F)(F)F)C1. The third-order valence-electron chi connectivity index (χ3n) is 3.99. The van der Waals surface area contributed by atoms with E-state index in [4.69, 9.17) is 0 Å². The summed E-state index contributed by atoms with van der Waals surface area (Å²) < 4.78 is 51.5. The maximum atomic E-state index is 12.9. The molecule has 1 atom stereocenters. The topological polar surface area (TPSA) is 33.2 Å². The van der Waals surface area contributed by atoms with E-state index in [-0.39, 0.29) is 24.5 Å². The van der Waals surface area contributed by atoms with Crippen LogP contribution in [0.4, 0.5) is 17.6 Å². The van der Waals surface area contributed by atoms with Crippen LogP contribution in [0.15, 0.2) is 29.6 Å². The maximum absolute atomic E-state index is 12.9. The molecule has 0 spiro atoms. The van der Waals surface area contributed by atoms with E-state index in [9.17, 15) is 22.4 Å². The van der Waals surface area contributed by atoms with Crippen LogP contribution in [0.3, 0.4) is 0 Å². The Labute approximate surface area is 139 Å². The first kappa shape index (κ1) is 16.9. The Hall–Kier alpha value is -1.96. The summed E-state index contributed by atoms with van der Waals surface area (Å²) in [6.45, 7) is -0.0272. The van der Waals surface area contributed by atoms with Crippen molar-refractivity contribution in [3.63, 3.8) is 0 Å². The van der Waals surface area contributed by atoms with Crippen molar-refractivity contribution >= 4 is 17.2 Å². The van der Waals surface area contributed by atoms with Gasteiger partial charge >= 0.3 is 6.18 Å². The average molecular weight is 358 g/mol. The van der Waals surface area contributed by atoms with Crippen molar-refractivity contribution in [1.82, 2.24) is 9.88 Å². The third kappa shape index (κ3) is 3.58. The molecule has 1 aromatic heterocycles. The number of carbonyl (C=O) groups is 1. The Kier molecular flexibility index (Phi) is 4.58. The predicted octanol–water partition coefficient (Wildman–Crippen LogP) is 4.36. The smallest absolute Gasteiger partial charge is 0.337 e. The van der Waals surface area contributed by atoms with Crippen molar-refractivity contribution in [2.45, 2.75) is 19.0 Å². The van der Waals surface area contributed by atoms with Gasteiger partial charge in [-0.2, -0.15) is 13.2 Å². The molecular formula is C16H14F4N2OS. The van der Waals surface area contributed by atoms with Crippen LogP contribution in [0, 0.1) is 11.7 Å². The molecule has 24 heavy (non-hydrogen) atoms. The quantitative estimate of drug-likeness (QED) is 0.747. The van der Waals surface area contributed by atoms with Gasteiger partial charge in [0.05, 0.1) is 5.92 Å². The molecule has 8 heteroatoms. The second kappa shape index (κ2) is 6.51. The molecule has 2 aromatic rings. The number of likely N-dealkylation sites (tertiary alicyclic amines) is 1. The molecule has 3 nitrogen and oxygen atoms in total. The zero-order chi connectivity index (χ0) is 17.3. The van der Waals surface area contributed by atoms with Gasteiger partial charge in [0, 0.05) is 24.0 Å². The van der Waals surface area contributed by atoms with Crippen molar-refractivity contribution in [1.29, 1.82) is 0 Å². The Bertz CT molecular complexity index is 726. The number of carbonyl (C=O) groups excluding carboxylic acids is 1. The molecule has 1 saturated heterocycles. The number of piperidine rings is 1. The van der Waals surface area contributed by atoms with Crippen LogP contribution in [0.1, 0.15) is 23.3 Å². The number of benzene rings is 1. The fraction of sp³-hybridized carbons (Fsp3) is 0.375. The molecule has 2 heterocycles. The van der Waals surface area contributed by atoms with Crippen LogP contribution in [0.2, 0.25) is 0 Å². The molecule has 1 aliphatic heterocycles. The summed E-state index contributed by atoms with van der Waals surface area (Å²) in [5, 5.41) is 2.06. The normalized spacial score (nSPS) is 18.7. The highest BCUT2D eigenvalue weighted by Gasteiger charge is 2.43. The zero-order valence-corrected chi connectivity index (χ0v) is 13.3. The predicted molar refractivity (Wildman–Crippen MR) is 82.2 cm³/mol. The molecule has 1 aliphatic rings. The van der Waals surface area contributed by atoms with Crippen LogP contribution >= 0.6 is 11.3 Å². The van der Waals surface area contributed by atoms with Crippen molar-refractivity contribution < 1.29 is 22.4 Å². The average Bonchev–Trinajstić information content (AvgIpc) is 3.04. The minimum Gasteiger partial charge on any atom is -0.337 e. The van der Waals surface area contributed by atoms with Crippen molar-refractivity contribution in [2.75, 3.05) is 13.1 Å². The summed E-state index contributed by atoms with van der Waals surface area (Å²) in [4.78, 5) is 17.8. The van der Waals surface area contributed by atoms with Crippen LogP contribution in [0.5, 0.6) is 0 Å². The number of rotatable bonds is 2. The van der Waals surface area contributed by atoms with E-state index in [0.717, 1.165) is 0 Å². The molecular weight excluding hydrogens is 344 g/mol. The van der Waals surface area contributed by atoms with Crippen molar-refractivity contribution in [2.24, 2.45) is 5.92 Å². The third-order valence-corrected chi connectivity index (χ3v) is 4.88. The van der Waals surface area contributed by atoms with E-state index in [1.54, 1.807) is 12.1 Å². The van der Waals surface area contributed by atoms with E-state index in [0.29, 0.717) is 23.5 Å². The van der Waals surface area contributed by atoms with Crippen LogP contribution in [-0.4, -0.2) is 35.1 Å². The maximum Gasteiger partial charge on any atom is 0.393 e. The number of alkyl halides is 3. The first-order valence-corrected chi connectivity index (χ1v) is 8.30. The number of nitrogens with zero attached hydrogens (tertiary/aromatic N) is 2. The Balaban J connectivity index is 1.75. The highest BCUT2D eigenvalue weighted by molar-refractivity contribution is 7.13. The Morgan fingerprint density at radius 1 is 1.25 bits per heavy atom. The van der Waals surface area contributed by atoms with Gasteiger partial charge in [0.25, 0.3) is 5.91 Å². The monoisotopic (exact) mass is 358 g/mol. The van der Waals surface area contributed by atoms with Crippen LogP contribution < -0.4 is 0 Å². The zero-order valence-electron chi connectivity index (χ0n) is 12.5. The van der Waals surface area contributed by atoms with Gasteiger partial charge in [0.15, 0.2) is 0 Å². The molecule has 1 fully saturated rings. The van der Waals surface area contributed by atoms with Crippen molar-refractivity contribution in [3.05, 3.63) is 41.2 Å². The van der Waals surface area contributed by atoms with E-state index in [2.05, 4.69) is 4.98 Å². The first-order valence-electron chi connectivity index (χ1n) is 7.42. The Morgan fingerprint density at radius 2 is 1.96 bits per heavy atom. The van der Waals surface area contributed by atoms with E-state index in [1.807, 2.05) is 0 Å². The number of aromatic nitrogens is 1. The van der Waals surface area contributed by atoms with Crippen LogP contribution in [0.25, 0.3) is 10.6 Å². The molecule has 128 valence electrons. The second-order valence-corrected chi connectivity index (χ2v) is 6.53. The first-order chi connectivity index (χ1) is 11.3. The molecule has 0 radical (unpaired) electrons. The van der Waals surface area contributed by atoms with Crippen molar-refractivity contribution in [3.8, 4) is 10.6 Å². The van der Waals surface area contributed by atoms with Gasteiger partial charge < -0.3 is 4.90 Å². The molecule has 0 N–H and O–H groups in total. The standard InChI is InChI=1S/C16H14F4N2OS/c17-12-5-3-10(4-6-12)14-21-13(9-24-14)15(23)22-7-1-2-11(8-22)16(18,19)20/h3-6,9,11H,1-2,7-8H2. The van der Waals surface area contributed by atoms with Gasteiger partial charge in [-0.05, 0) is 37.1 Å². The lowest BCUT2D eigenvalue weighted by Crippen LogP contribution is -2.44. The summed E-state index contributed by atoms with van der Waals surface area (Å²) in [6.07, 6.45) is -3.92. The Morgan fingerprint density at radius 3 is 2.62 bits per heavy atom. The minimum absolute atomic E-state index is 0.0468. The molecule has 0 bridgehead atoms. The highest BCUT2D eigenvalue weighted by atomic mass is 32.1. The number of amides is 1. The summed E-state index contributed by atoms with van der Waals surface area (Å²) in [7, 11) is 0. The minimum atomic E-state index is -4.29. The summed E-state index contributed by atoms with van der Waals surface area (Å²) in [5.41, 5.74) is 0.786. The van der Waals surface area contributed by atoms with Gasteiger partial charge in [-0.3, -0.25) is 4.79 Å². The van der Waals surface area contributed by atoms with Gasteiger partial charge in [-0.1, -0.05) is 0 Å². The fourth-order valence-electron chi connectivity index (χ4n) is 2.69.